The van der Waals surface area contributed by atoms with Gasteiger partial charge in [-0.25, -0.2) is 4.79 Å². The molecule has 0 unspecified atom stereocenters. The van der Waals surface area contributed by atoms with E-state index in [9.17, 15) is 19.7 Å². The Morgan fingerprint density at radius 1 is 1.21 bits per heavy atom. The number of urea groups is 1. The molecule has 0 aromatic heterocycles. The minimum atomic E-state index is -0.461. The van der Waals surface area contributed by atoms with Crippen molar-refractivity contribution in [2.24, 2.45) is 0 Å². The number of rotatable bonds is 5. The van der Waals surface area contributed by atoms with Crippen LogP contribution < -0.4 is 10.1 Å². The van der Waals surface area contributed by atoms with Crippen molar-refractivity contribution < 1.29 is 19.2 Å². The first kappa shape index (κ1) is 20.5. The summed E-state index contributed by atoms with van der Waals surface area (Å²) in [5.74, 6) is 0.259. The van der Waals surface area contributed by atoms with Crippen LogP contribution in [-0.2, 0) is 11.4 Å². The van der Waals surface area contributed by atoms with Gasteiger partial charge in [0.15, 0.2) is 0 Å². The Kier molecular flexibility index (Phi) is 6.17. The number of non-ortho nitro benzene ring substituents is 1. The van der Waals surface area contributed by atoms with Crippen LogP contribution in [0.1, 0.15) is 11.1 Å². The molecule has 0 bridgehead atoms. The van der Waals surface area contributed by atoms with E-state index in [-0.39, 0.29) is 23.9 Å². The molecule has 1 aliphatic rings. The van der Waals surface area contributed by atoms with Crippen molar-refractivity contribution in [1.82, 2.24) is 10.2 Å². The van der Waals surface area contributed by atoms with Crippen LogP contribution in [0, 0.1) is 17.3 Å². The molecule has 3 amide bonds. The maximum Gasteiger partial charge on any atom is 0.328 e. The highest BCUT2D eigenvalue weighted by Gasteiger charge is 2.30. The highest BCUT2D eigenvalue weighted by atomic mass is 127. The molecule has 0 atom stereocenters. The van der Waals surface area contributed by atoms with Gasteiger partial charge >= 0.3 is 6.03 Å². The molecule has 2 aromatic carbocycles. The van der Waals surface area contributed by atoms with Crippen molar-refractivity contribution in [1.29, 1.82) is 0 Å². The molecule has 0 aliphatic carbocycles. The van der Waals surface area contributed by atoms with Crippen LogP contribution in [0.4, 0.5) is 10.5 Å². The maximum absolute atomic E-state index is 12.0. The van der Waals surface area contributed by atoms with Gasteiger partial charge in [-0.15, -0.1) is 0 Å². The van der Waals surface area contributed by atoms with E-state index in [1.807, 2.05) is 12.1 Å². The number of halogens is 2. The summed E-state index contributed by atoms with van der Waals surface area (Å²) in [6.45, 7) is 0.188. The van der Waals surface area contributed by atoms with E-state index < -0.39 is 11.0 Å². The van der Waals surface area contributed by atoms with Crippen molar-refractivity contribution in [2.45, 2.75) is 6.61 Å². The van der Waals surface area contributed by atoms with Crippen molar-refractivity contribution in [3.8, 4) is 5.75 Å². The number of carbonyl (C=O) groups is 2. The number of benzene rings is 2. The number of carbonyl (C=O) groups excluding carboxylic acids is 2. The number of amides is 3. The maximum atomic E-state index is 12.0. The molecular weight excluding hydrogens is 592 g/mol. The van der Waals surface area contributed by atoms with Crippen molar-refractivity contribution >= 4 is 68.9 Å². The molecule has 2 aromatic rings. The quantitative estimate of drug-likeness (QED) is 0.183. The molecule has 1 fully saturated rings. The smallest absolute Gasteiger partial charge is 0.328 e. The van der Waals surface area contributed by atoms with Gasteiger partial charge in [-0.3, -0.25) is 19.8 Å². The highest BCUT2D eigenvalue weighted by Crippen LogP contribution is 2.31. The third-order valence-corrected chi connectivity index (χ3v) is 5.52. The fourth-order valence-electron chi connectivity index (χ4n) is 2.51. The molecule has 0 spiro atoms. The van der Waals surface area contributed by atoms with Crippen molar-refractivity contribution in [2.75, 3.05) is 7.05 Å². The van der Waals surface area contributed by atoms with E-state index in [1.54, 1.807) is 18.2 Å². The average molecular weight is 605 g/mol. The standard InChI is InChI=1S/C18H13I2N3O5/c1-22-17(24)15(21-18(22)25)8-11-6-13(19)16(14(20)7-11)28-9-10-3-2-4-12(5-10)23(26)27/h2-8H,9H2,1H3,(H,21,25)/b15-8+. The van der Waals surface area contributed by atoms with Gasteiger partial charge in [0.1, 0.15) is 18.1 Å². The van der Waals surface area contributed by atoms with Gasteiger partial charge in [0, 0.05) is 19.2 Å². The number of hydrogen-bond donors (Lipinski definition) is 1. The monoisotopic (exact) mass is 605 g/mol. The van der Waals surface area contributed by atoms with Crippen LogP contribution in [0.25, 0.3) is 6.08 Å². The molecular formula is C18H13I2N3O5. The molecule has 8 nitrogen and oxygen atoms in total. The van der Waals surface area contributed by atoms with E-state index >= 15 is 0 Å². The molecule has 3 rings (SSSR count). The summed E-state index contributed by atoms with van der Waals surface area (Å²) in [6, 6.07) is 9.48. The number of likely N-dealkylation sites (N-methyl/N-ethyl adjacent to an activating group) is 1. The Morgan fingerprint density at radius 2 is 1.89 bits per heavy atom. The second-order valence-corrected chi connectivity index (χ2v) is 8.21. The Balaban J connectivity index is 1.79. The minimum absolute atomic E-state index is 0.0145. The number of nitrogens with one attached hydrogen (secondary N) is 1. The minimum Gasteiger partial charge on any atom is -0.487 e. The van der Waals surface area contributed by atoms with E-state index in [0.717, 1.165) is 17.6 Å². The summed E-state index contributed by atoms with van der Waals surface area (Å²) in [4.78, 5) is 35.0. The molecule has 144 valence electrons. The zero-order chi connectivity index (χ0) is 20.4. The summed E-state index contributed by atoms with van der Waals surface area (Å²) in [7, 11) is 1.41. The lowest BCUT2D eigenvalue weighted by Crippen LogP contribution is -2.25. The van der Waals surface area contributed by atoms with E-state index in [0.29, 0.717) is 11.3 Å². The first-order valence-corrected chi connectivity index (χ1v) is 10.1. The normalized spacial score (nSPS) is 15.1. The topological polar surface area (TPSA) is 102 Å². The summed E-state index contributed by atoms with van der Waals surface area (Å²) >= 11 is 4.24. The van der Waals surface area contributed by atoms with Gasteiger partial charge in [-0.05, 0) is 74.5 Å². The lowest BCUT2D eigenvalue weighted by atomic mass is 10.2. The Morgan fingerprint density at radius 3 is 2.46 bits per heavy atom. The van der Waals surface area contributed by atoms with Gasteiger partial charge in [0.2, 0.25) is 0 Å². The van der Waals surface area contributed by atoms with E-state index in [2.05, 4.69) is 50.5 Å². The summed E-state index contributed by atoms with van der Waals surface area (Å²) in [6.07, 6.45) is 1.61. The van der Waals surface area contributed by atoms with Crippen LogP contribution in [0.5, 0.6) is 5.75 Å². The predicted molar refractivity (Wildman–Crippen MR) is 119 cm³/mol. The van der Waals surface area contributed by atoms with Gasteiger partial charge in [0.25, 0.3) is 11.6 Å². The van der Waals surface area contributed by atoms with Gasteiger partial charge in [-0.1, -0.05) is 12.1 Å². The third-order valence-electron chi connectivity index (χ3n) is 3.92. The average Bonchev–Trinajstić information content (AvgIpc) is 2.88. The lowest BCUT2D eigenvalue weighted by molar-refractivity contribution is -0.384. The number of nitrogens with zero attached hydrogens (tertiary/aromatic N) is 2. The van der Waals surface area contributed by atoms with Crippen LogP contribution in [0.3, 0.4) is 0 Å². The molecule has 1 saturated heterocycles. The van der Waals surface area contributed by atoms with Gasteiger partial charge < -0.3 is 10.1 Å². The zero-order valence-electron chi connectivity index (χ0n) is 14.4. The second kappa shape index (κ2) is 8.43. The SMILES string of the molecule is CN1C(=O)N/C(=C/c2cc(I)c(OCc3cccc([N+](=O)[O-])c3)c(I)c2)C1=O. The molecule has 28 heavy (non-hydrogen) atoms. The zero-order valence-corrected chi connectivity index (χ0v) is 18.8. The van der Waals surface area contributed by atoms with Gasteiger partial charge in [-0.2, -0.15) is 0 Å². The molecule has 1 N–H and O–H groups in total. The third kappa shape index (κ3) is 4.43. The number of hydrogen-bond acceptors (Lipinski definition) is 5. The number of nitro groups is 1. The first-order chi connectivity index (χ1) is 13.3. The first-order valence-electron chi connectivity index (χ1n) is 7.92. The number of imide groups is 1. The van der Waals surface area contributed by atoms with Crippen LogP contribution in [-0.4, -0.2) is 28.8 Å². The fourth-order valence-corrected chi connectivity index (χ4v) is 4.63. The van der Waals surface area contributed by atoms with Gasteiger partial charge in [0.05, 0.1) is 12.1 Å². The summed E-state index contributed by atoms with van der Waals surface area (Å²) < 4.78 is 7.49. The summed E-state index contributed by atoms with van der Waals surface area (Å²) in [5, 5.41) is 13.4. The van der Waals surface area contributed by atoms with Crippen LogP contribution in [0.2, 0.25) is 0 Å². The number of nitro benzene ring substituents is 1. The molecule has 1 aliphatic heterocycles. The van der Waals surface area contributed by atoms with Crippen LogP contribution >= 0.6 is 45.2 Å². The predicted octanol–water partition coefficient (Wildman–Crippen LogP) is 3.91. The van der Waals surface area contributed by atoms with E-state index in [1.165, 1.54) is 19.2 Å². The molecule has 10 heteroatoms. The van der Waals surface area contributed by atoms with Crippen molar-refractivity contribution in [3.63, 3.8) is 0 Å². The van der Waals surface area contributed by atoms with Crippen LogP contribution in [0.15, 0.2) is 42.1 Å². The summed E-state index contributed by atoms with van der Waals surface area (Å²) in [5.41, 5.74) is 1.66. The molecule has 0 saturated carbocycles. The lowest BCUT2D eigenvalue weighted by Gasteiger charge is -2.12. The molecule has 1 heterocycles. The Labute approximate surface area is 187 Å². The Hall–Kier alpha value is -2.22. The highest BCUT2D eigenvalue weighted by molar-refractivity contribution is 14.1. The van der Waals surface area contributed by atoms with E-state index in [4.69, 9.17) is 4.74 Å². The second-order valence-electron chi connectivity index (χ2n) is 5.88. The van der Waals surface area contributed by atoms with Crippen molar-refractivity contribution in [3.05, 3.63) is 70.5 Å². The largest absolute Gasteiger partial charge is 0.487 e. The Bertz CT molecular complexity index is 999. The number of ether oxygens (including phenoxy) is 1. The fraction of sp³-hybridized carbons (Fsp3) is 0.111. The molecule has 0 radical (unpaired) electrons.